The highest BCUT2D eigenvalue weighted by Gasteiger charge is 2.26. The summed E-state index contributed by atoms with van der Waals surface area (Å²) in [6.07, 6.45) is 0. The van der Waals surface area contributed by atoms with Crippen molar-refractivity contribution in [3.63, 3.8) is 0 Å². The van der Waals surface area contributed by atoms with E-state index in [2.05, 4.69) is 41.3 Å². The van der Waals surface area contributed by atoms with Crippen molar-refractivity contribution < 1.29 is 4.79 Å². The fraction of sp³-hybridized carbons (Fsp3) is 0.240. The van der Waals surface area contributed by atoms with Crippen LogP contribution < -0.4 is 4.90 Å². The molecule has 0 aromatic heterocycles. The van der Waals surface area contributed by atoms with Crippen molar-refractivity contribution in [3.8, 4) is 0 Å². The van der Waals surface area contributed by atoms with Gasteiger partial charge in [0.1, 0.15) is 0 Å². The van der Waals surface area contributed by atoms with Crippen LogP contribution >= 0.6 is 0 Å². The molecule has 0 aliphatic carbocycles. The van der Waals surface area contributed by atoms with Crippen molar-refractivity contribution in [1.82, 2.24) is 9.80 Å². The average Bonchev–Trinajstić information content (AvgIpc) is 2.79. The molecule has 4 nitrogen and oxygen atoms in total. The zero-order valence-corrected chi connectivity index (χ0v) is 16.7. The standard InChI is InChI=1S/C25H27N3O/c29-25(27-18-16-26(17-19-27)20-22-10-4-1-5-11-22)28(24-14-8-3-9-15-24)21-23-12-6-2-7-13-23/h1-15H,16-21H2. The number of hydrogen-bond acceptors (Lipinski definition) is 2. The molecule has 1 fully saturated rings. The minimum atomic E-state index is 0.0828. The first-order valence-electron chi connectivity index (χ1n) is 10.2. The molecule has 0 unspecified atom stereocenters. The summed E-state index contributed by atoms with van der Waals surface area (Å²) < 4.78 is 0. The topological polar surface area (TPSA) is 26.8 Å². The lowest BCUT2D eigenvalue weighted by Crippen LogP contribution is -2.52. The predicted octanol–water partition coefficient (Wildman–Crippen LogP) is 4.63. The van der Waals surface area contributed by atoms with Crippen LogP contribution in [0.15, 0.2) is 91.0 Å². The Morgan fingerprint density at radius 2 is 1.21 bits per heavy atom. The van der Waals surface area contributed by atoms with E-state index >= 15 is 0 Å². The van der Waals surface area contributed by atoms with Crippen molar-refractivity contribution in [1.29, 1.82) is 0 Å². The first kappa shape index (κ1) is 19.2. The molecule has 0 atom stereocenters. The van der Waals surface area contributed by atoms with Crippen LogP contribution in [0.5, 0.6) is 0 Å². The van der Waals surface area contributed by atoms with Gasteiger partial charge in [0.25, 0.3) is 0 Å². The van der Waals surface area contributed by atoms with Crippen LogP contribution in [0, 0.1) is 0 Å². The van der Waals surface area contributed by atoms with Gasteiger partial charge in [0.05, 0.1) is 6.54 Å². The summed E-state index contributed by atoms with van der Waals surface area (Å²) in [5.74, 6) is 0. The Balaban J connectivity index is 1.43. The number of rotatable bonds is 5. The molecule has 29 heavy (non-hydrogen) atoms. The molecule has 1 heterocycles. The van der Waals surface area contributed by atoms with Gasteiger partial charge in [-0.3, -0.25) is 9.80 Å². The van der Waals surface area contributed by atoms with Crippen LogP contribution in [0.2, 0.25) is 0 Å². The second kappa shape index (κ2) is 9.39. The second-order valence-corrected chi connectivity index (χ2v) is 7.44. The molecule has 0 saturated carbocycles. The number of carbonyl (C=O) groups is 1. The third-order valence-electron chi connectivity index (χ3n) is 5.37. The molecule has 2 amide bonds. The van der Waals surface area contributed by atoms with Crippen molar-refractivity contribution in [2.45, 2.75) is 13.1 Å². The Bertz CT molecular complexity index is 891. The molecule has 4 rings (SSSR count). The molecular formula is C25H27N3O. The lowest BCUT2D eigenvalue weighted by Gasteiger charge is -2.37. The molecule has 1 saturated heterocycles. The largest absolute Gasteiger partial charge is 0.324 e. The highest BCUT2D eigenvalue weighted by Crippen LogP contribution is 2.20. The van der Waals surface area contributed by atoms with Crippen molar-refractivity contribution >= 4 is 11.7 Å². The summed E-state index contributed by atoms with van der Waals surface area (Å²) in [7, 11) is 0. The molecule has 1 aliphatic rings. The first-order chi connectivity index (χ1) is 14.3. The molecule has 3 aromatic rings. The SMILES string of the molecule is O=C(N1CCN(Cc2ccccc2)CC1)N(Cc1ccccc1)c1ccccc1. The van der Waals surface area contributed by atoms with E-state index in [-0.39, 0.29) is 6.03 Å². The monoisotopic (exact) mass is 385 g/mol. The number of anilines is 1. The number of carbonyl (C=O) groups excluding carboxylic acids is 1. The number of benzene rings is 3. The van der Waals surface area contributed by atoms with Gasteiger partial charge in [0.15, 0.2) is 0 Å². The number of hydrogen-bond donors (Lipinski definition) is 0. The van der Waals surface area contributed by atoms with E-state index in [9.17, 15) is 4.79 Å². The van der Waals surface area contributed by atoms with Gasteiger partial charge in [-0.05, 0) is 23.3 Å². The van der Waals surface area contributed by atoms with E-state index < -0.39 is 0 Å². The summed E-state index contributed by atoms with van der Waals surface area (Å²) in [5.41, 5.74) is 3.39. The van der Waals surface area contributed by atoms with Crippen molar-refractivity contribution in [2.24, 2.45) is 0 Å². The van der Waals surface area contributed by atoms with Crippen molar-refractivity contribution in [2.75, 3.05) is 31.1 Å². The van der Waals surface area contributed by atoms with Gasteiger partial charge in [0.2, 0.25) is 0 Å². The van der Waals surface area contributed by atoms with Crippen LogP contribution in [0.1, 0.15) is 11.1 Å². The molecular weight excluding hydrogens is 358 g/mol. The fourth-order valence-corrected chi connectivity index (χ4v) is 3.75. The number of nitrogens with zero attached hydrogens (tertiary/aromatic N) is 3. The Morgan fingerprint density at radius 3 is 1.79 bits per heavy atom. The number of urea groups is 1. The van der Waals surface area contributed by atoms with Crippen LogP contribution in [-0.4, -0.2) is 42.0 Å². The van der Waals surface area contributed by atoms with Gasteiger partial charge < -0.3 is 4.90 Å². The van der Waals surface area contributed by atoms with E-state index in [4.69, 9.17) is 0 Å². The third kappa shape index (κ3) is 5.04. The molecule has 0 N–H and O–H groups in total. The first-order valence-corrected chi connectivity index (χ1v) is 10.2. The minimum absolute atomic E-state index is 0.0828. The maximum Gasteiger partial charge on any atom is 0.324 e. The molecule has 1 aliphatic heterocycles. The van der Waals surface area contributed by atoms with Gasteiger partial charge in [-0.15, -0.1) is 0 Å². The van der Waals surface area contributed by atoms with Crippen LogP contribution in [-0.2, 0) is 13.1 Å². The lowest BCUT2D eigenvalue weighted by molar-refractivity contribution is 0.139. The van der Waals surface area contributed by atoms with E-state index in [1.165, 1.54) is 5.56 Å². The zero-order valence-electron chi connectivity index (χ0n) is 16.7. The molecule has 0 bridgehead atoms. The highest BCUT2D eigenvalue weighted by molar-refractivity contribution is 5.92. The number of piperazine rings is 1. The van der Waals surface area contributed by atoms with E-state index in [0.29, 0.717) is 6.54 Å². The summed E-state index contributed by atoms with van der Waals surface area (Å²) in [4.78, 5) is 19.7. The third-order valence-corrected chi connectivity index (χ3v) is 5.37. The van der Waals surface area contributed by atoms with Gasteiger partial charge in [-0.2, -0.15) is 0 Å². The van der Waals surface area contributed by atoms with Gasteiger partial charge in [-0.1, -0.05) is 78.9 Å². The van der Waals surface area contributed by atoms with Crippen molar-refractivity contribution in [3.05, 3.63) is 102 Å². The Morgan fingerprint density at radius 1 is 0.690 bits per heavy atom. The maximum atomic E-state index is 13.4. The van der Waals surface area contributed by atoms with Gasteiger partial charge in [0, 0.05) is 38.4 Å². The summed E-state index contributed by atoms with van der Waals surface area (Å²) in [5, 5.41) is 0. The average molecular weight is 386 g/mol. The highest BCUT2D eigenvalue weighted by atomic mass is 16.2. The predicted molar refractivity (Wildman–Crippen MR) is 118 cm³/mol. The lowest BCUT2D eigenvalue weighted by atomic mass is 10.2. The fourth-order valence-electron chi connectivity index (χ4n) is 3.75. The smallest absolute Gasteiger partial charge is 0.322 e. The Kier molecular flexibility index (Phi) is 6.22. The second-order valence-electron chi connectivity index (χ2n) is 7.44. The quantitative estimate of drug-likeness (QED) is 0.640. The summed E-state index contributed by atoms with van der Waals surface area (Å²) in [6, 6.07) is 30.8. The normalized spacial score (nSPS) is 14.6. The van der Waals surface area contributed by atoms with Crippen LogP contribution in [0.3, 0.4) is 0 Å². The number of amides is 2. The molecule has 0 radical (unpaired) electrons. The molecule has 0 spiro atoms. The molecule has 3 aromatic carbocycles. The molecule has 4 heteroatoms. The molecule has 148 valence electrons. The van der Waals surface area contributed by atoms with E-state index in [1.807, 2.05) is 64.4 Å². The number of para-hydroxylation sites is 1. The summed E-state index contributed by atoms with van der Waals surface area (Å²) >= 11 is 0. The van der Waals surface area contributed by atoms with Gasteiger partial charge in [-0.25, -0.2) is 4.79 Å². The van der Waals surface area contributed by atoms with Crippen LogP contribution in [0.25, 0.3) is 0 Å². The van der Waals surface area contributed by atoms with E-state index in [1.54, 1.807) is 0 Å². The Labute approximate surface area is 173 Å². The zero-order chi connectivity index (χ0) is 19.9. The van der Waals surface area contributed by atoms with Crippen LogP contribution in [0.4, 0.5) is 10.5 Å². The maximum absolute atomic E-state index is 13.4. The Hall–Kier alpha value is -3.11. The van der Waals surface area contributed by atoms with E-state index in [0.717, 1.165) is 44.0 Å². The van der Waals surface area contributed by atoms with Gasteiger partial charge >= 0.3 is 6.03 Å². The minimum Gasteiger partial charge on any atom is -0.322 e. The summed E-state index contributed by atoms with van der Waals surface area (Å²) in [6.45, 7) is 4.82.